The van der Waals surface area contributed by atoms with E-state index in [1.165, 1.54) is 11.5 Å². The normalized spacial score (nSPS) is 10.3. The van der Waals surface area contributed by atoms with Crippen molar-refractivity contribution >= 4 is 23.1 Å². The molecule has 78 valence electrons. The van der Waals surface area contributed by atoms with Crippen molar-refractivity contribution in [3.05, 3.63) is 40.1 Å². The molecule has 0 radical (unpaired) electrons. The van der Waals surface area contributed by atoms with Crippen LogP contribution in [-0.4, -0.2) is 16.5 Å². The lowest BCUT2D eigenvalue weighted by molar-refractivity contribution is 0.414. The zero-order valence-electron chi connectivity index (χ0n) is 8.11. The van der Waals surface area contributed by atoms with Gasteiger partial charge in [0.2, 0.25) is 4.47 Å². The SMILES string of the molecule is COc1cccc(Cc2nsc(Cl)n2)c1. The molecule has 1 aromatic heterocycles. The van der Waals surface area contributed by atoms with Crippen LogP contribution in [0.1, 0.15) is 11.4 Å². The van der Waals surface area contributed by atoms with E-state index in [2.05, 4.69) is 9.36 Å². The Kier molecular flexibility index (Phi) is 3.18. The quantitative estimate of drug-likeness (QED) is 0.828. The Bertz CT molecular complexity index is 458. The minimum absolute atomic E-state index is 0.480. The molecule has 0 aliphatic heterocycles. The van der Waals surface area contributed by atoms with Gasteiger partial charge in [0.1, 0.15) is 11.6 Å². The van der Waals surface area contributed by atoms with Gasteiger partial charge in [0, 0.05) is 6.42 Å². The fourth-order valence-electron chi connectivity index (χ4n) is 1.27. The molecule has 3 nitrogen and oxygen atoms in total. The highest BCUT2D eigenvalue weighted by molar-refractivity contribution is 7.10. The van der Waals surface area contributed by atoms with Crippen molar-refractivity contribution in [2.24, 2.45) is 0 Å². The van der Waals surface area contributed by atoms with Gasteiger partial charge in [0.25, 0.3) is 0 Å². The van der Waals surface area contributed by atoms with Gasteiger partial charge in [0.05, 0.1) is 7.11 Å². The zero-order valence-corrected chi connectivity index (χ0v) is 9.68. The molecule has 0 saturated carbocycles. The van der Waals surface area contributed by atoms with Gasteiger partial charge in [-0.3, -0.25) is 0 Å². The van der Waals surface area contributed by atoms with Crippen LogP contribution in [0, 0.1) is 0 Å². The Morgan fingerprint density at radius 3 is 3.00 bits per heavy atom. The van der Waals surface area contributed by atoms with Gasteiger partial charge in [-0.1, -0.05) is 12.1 Å². The molecule has 0 aliphatic rings. The largest absolute Gasteiger partial charge is 0.497 e. The summed E-state index contributed by atoms with van der Waals surface area (Å²) in [6.45, 7) is 0. The van der Waals surface area contributed by atoms with Crippen LogP contribution in [0.3, 0.4) is 0 Å². The van der Waals surface area contributed by atoms with E-state index in [0.29, 0.717) is 10.9 Å². The number of nitrogens with zero attached hydrogens (tertiary/aromatic N) is 2. The van der Waals surface area contributed by atoms with Crippen LogP contribution in [-0.2, 0) is 6.42 Å². The summed E-state index contributed by atoms with van der Waals surface area (Å²) in [4.78, 5) is 4.09. The molecule has 0 spiro atoms. The van der Waals surface area contributed by atoms with Gasteiger partial charge in [-0.15, -0.1) is 0 Å². The topological polar surface area (TPSA) is 35.0 Å². The first kappa shape index (κ1) is 10.4. The fourth-order valence-corrected chi connectivity index (χ4v) is 1.90. The molecule has 5 heteroatoms. The summed E-state index contributed by atoms with van der Waals surface area (Å²) in [6.07, 6.45) is 0.681. The fraction of sp³-hybridized carbons (Fsp3) is 0.200. The van der Waals surface area contributed by atoms with Gasteiger partial charge in [-0.25, -0.2) is 4.98 Å². The highest BCUT2D eigenvalue weighted by atomic mass is 35.5. The monoisotopic (exact) mass is 240 g/mol. The molecule has 0 N–H and O–H groups in total. The number of methoxy groups -OCH3 is 1. The lowest BCUT2D eigenvalue weighted by Gasteiger charge is -2.01. The molecule has 0 fully saturated rings. The van der Waals surface area contributed by atoms with E-state index in [9.17, 15) is 0 Å². The maximum absolute atomic E-state index is 5.71. The molecule has 2 rings (SSSR count). The van der Waals surface area contributed by atoms with Crippen LogP contribution in [0.5, 0.6) is 5.75 Å². The third-order valence-corrected chi connectivity index (χ3v) is 2.78. The second kappa shape index (κ2) is 4.59. The van der Waals surface area contributed by atoms with Crippen LogP contribution in [0.15, 0.2) is 24.3 Å². The van der Waals surface area contributed by atoms with Gasteiger partial charge in [-0.05, 0) is 40.8 Å². The maximum atomic E-state index is 5.71. The van der Waals surface area contributed by atoms with E-state index in [4.69, 9.17) is 16.3 Å². The molecule has 15 heavy (non-hydrogen) atoms. The van der Waals surface area contributed by atoms with Crippen molar-refractivity contribution in [2.75, 3.05) is 7.11 Å². The number of hydrogen-bond acceptors (Lipinski definition) is 4. The number of aromatic nitrogens is 2. The molecule has 0 amide bonds. The molecule has 1 heterocycles. The van der Waals surface area contributed by atoms with Gasteiger partial charge < -0.3 is 4.74 Å². The van der Waals surface area contributed by atoms with Crippen molar-refractivity contribution in [3.63, 3.8) is 0 Å². The molecule has 0 aliphatic carbocycles. The number of halogens is 1. The first-order valence-electron chi connectivity index (χ1n) is 4.39. The van der Waals surface area contributed by atoms with Crippen LogP contribution < -0.4 is 4.74 Å². The van der Waals surface area contributed by atoms with Gasteiger partial charge in [-0.2, -0.15) is 4.37 Å². The average Bonchev–Trinajstić information content (AvgIpc) is 2.64. The maximum Gasteiger partial charge on any atom is 0.203 e. The Balaban J connectivity index is 2.16. The summed E-state index contributed by atoms with van der Waals surface area (Å²) >= 11 is 6.91. The lowest BCUT2D eigenvalue weighted by Crippen LogP contribution is -1.91. The first-order chi connectivity index (χ1) is 7.28. The Labute approximate surface area is 96.9 Å². The third-order valence-electron chi connectivity index (χ3n) is 1.94. The van der Waals surface area contributed by atoms with Gasteiger partial charge in [0.15, 0.2) is 0 Å². The molecule has 0 bridgehead atoms. The summed E-state index contributed by atoms with van der Waals surface area (Å²) in [7, 11) is 1.65. The number of ether oxygens (including phenoxy) is 1. The highest BCUT2D eigenvalue weighted by Gasteiger charge is 2.03. The van der Waals surface area contributed by atoms with E-state index in [1.54, 1.807) is 7.11 Å². The zero-order chi connectivity index (χ0) is 10.7. The summed E-state index contributed by atoms with van der Waals surface area (Å²) < 4.78 is 9.74. The second-order valence-corrected chi connectivity index (χ2v) is 4.33. The molecule has 0 unspecified atom stereocenters. The molecule has 0 saturated heterocycles. The number of rotatable bonds is 3. The molecular weight excluding hydrogens is 232 g/mol. The standard InChI is InChI=1S/C10H9ClN2OS/c1-14-8-4-2-3-7(5-8)6-9-12-10(11)15-13-9/h2-5H,6H2,1H3. The second-order valence-electron chi connectivity index (χ2n) is 2.99. The average molecular weight is 241 g/mol. The van der Waals surface area contributed by atoms with E-state index < -0.39 is 0 Å². The molecule has 0 atom stereocenters. The summed E-state index contributed by atoms with van der Waals surface area (Å²) in [5.74, 6) is 1.59. The van der Waals surface area contributed by atoms with Crippen LogP contribution in [0.2, 0.25) is 4.47 Å². The van der Waals surface area contributed by atoms with Crippen molar-refractivity contribution in [1.29, 1.82) is 0 Å². The van der Waals surface area contributed by atoms with Crippen LogP contribution in [0.4, 0.5) is 0 Å². The minimum atomic E-state index is 0.480. The number of benzene rings is 1. The van der Waals surface area contributed by atoms with Crippen molar-refractivity contribution in [3.8, 4) is 5.75 Å². The van der Waals surface area contributed by atoms with Crippen LogP contribution >= 0.6 is 23.1 Å². The molecule has 1 aromatic carbocycles. The van der Waals surface area contributed by atoms with Gasteiger partial charge >= 0.3 is 0 Å². The Morgan fingerprint density at radius 1 is 1.47 bits per heavy atom. The summed E-state index contributed by atoms with van der Waals surface area (Å²) in [6, 6.07) is 7.83. The molecule has 2 aromatic rings. The third kappa shape index (κ3) is 2.67. The summed E-state index contributed by atoms with van der Waals surface area (Å²) in [5, 5.41) is 0. The van der Waals surface area contributed by atoms with E-state index in [0.717, 1.165) is 17.1 Å². The lowest BCUT2D eigenvalue weighted by atomic mass is 10.1. The minimum Gasteiger partial charge on any atom is -0.497 e. The Hall–Kier alpha value is -1.13. The highest BCUT2D eigenvalue weighted by Crippen LogP contribution is 2.17. The van der Waals surface area contributed by atoms with Crippen molar-refractivity contribution < 1.29 is 4.74 Å². The predicted molar refractivity (Wildman–Crippen MR) is 60.7 cm³/mol. The number of hydrogen-bond donors (Lipinski definition) is 0. The smallest absolute Gasteiger partial charge is 0.203 e. The Morgan fingerprint density at radius 2 is 2.33 bits per heavy atom. The van der Waals surface area contributed by atoms with E-state index in [1.807, 2.05) is 24.3 Å². The molecular formula is C10H9ClN2OS. The van der Waals surface area contributed by atoms with Crippen LogP contribution in [0.25, 0.3) is 0 Å². The van der Waals surface area contributed by atoms with Crippen molar-refractivity contribution in [2.45, 2.75) is 6.42 Å². The predicted octanol–water partition coefficient (Wildman–Crippen LogP) is 2.79. The van der Waals surface area contributed by atoms with Crippen molar-refractivity contribution in [1.82, 2.24) is 9.36 Å². The first-order valence-corrected chi connectivity index (χ1v) is 5.54. The van der Waals surface area contributed by atoms with E-state index in [-0.39, 0.29) is 0 Å². The summed E-state index contributed by atoms with van der Waals surface area (Å²) in [5.41, 5.74) is 1.11. The van der Waals surface area contributed by atoms with E-state index >= 15 is 0 Å².